The van der Waals surface area contributed by atoms with Crippen LogP contribution in [-0.4, -0.2) is 88.2 Å². The van der Waals surface area contributed by atoms with Crippen LogP contribution in [0.5, 0.6) is 0 Å². The maximum atomic E-state index is 12.7. The standard InChI is InChI=1S/C15H20N4O5S/c20-6-5-17-1-3-18(4-2-17)11-8-12(21)19(14(11)24)15-16-10(9-25-15)7-13(22)23/h9,11,20H,1-8H2,(H,22,23). The van der Waals surface area contributed by atoms with Gasteiger partial charge in [0, 0.05) is 38.1 Å². The molecule has 2 saturated heterocycles. The highest BCUT2D eigenvalue weighted by molar-refractivity contribution is 7.14. The topological polar surface area (TPSA) is 114 Å². The molecule has 0 saturated carbocycles. The molecular formula is C15H20N4O5S. The van der Waals surface area contributed by atoms with E-state index in [0.29, 0.717) is 25.3 Å². The quantitative estimate of drug-likeness (QED) is 0.616. The summed E-state index contributed by atoms with van der Waals surface area (Å²) >= 11 is 1.11. The molecule has 0 bridgehead atoms. The van der Waals surface area contributed by atoms with Crippen molar-refractivity contribution < 1.29 is 24.6 Å². The van der Waals surface area contributed by atoms with Crippen LogP contribution >= 0.6 is 11.3 Å². The van der Waals surface area contributed by atoms with Crippen molar-refractivity contribution in [2.45, 2.75) is 18.9 Å². The Bertz CT molecular complexity index is 671. The van der Waals surface area contributed by atoms with Crippen LogP contribution in [0, 0.1) is 0 Å². The number of nitrogens with zero attached hydrogens (tertiary/aromatic N) is 4. The molecule has 1 aromatic heterocycles. The normalized spacial score (nSPS) is 22.8. The van der Waals surface area contributed by atoms with E-state index in [9.17, 15) is 14.4 Å². The number of rotatable bonds is 6. The van der Waals surface area contributed by atoms with Crippen molar-refractivity contribution in [1.29, 1.82) is 0 Å². The number of imide groups is 1. The van der Waals surface area contributed by atoms with Gasteiger partial charge in [0.25, 0.3) is 5.91 Å². The maximum absolute atomic E-state index is 12.7. The minimum absolute atomic E-state index is 0.108. The molecule has 1 atom stereocenters. The number of carboxylic acid groups (broad SMARTS) is 1. The Morgan fingerprint density at radius 3 is 2.64 bits per heavy atom. The Balaban J connectivity index is 1.66. The van der Waals surface area contributed by atoms with Gasteiger partial charge in [-0.05, 0) is 0 Å². The fourth-order valence-electron chi connectivity index (χ4n) is 3.18. The lowest BCUT2D eigenvalue weighted by Gasteiger charge is -2.36. The largest absolute Gasteiger partial charge is 0.481 e. The zero-order valence-corrected chi connectivity index (χ0v) is 14.4. The van der Waals surface area contributed by atoms with Crippen LogP contribution in [0.15, 0.2) is 5.38 Å². The van der Waals surface area contributed by atoms with Crippen molar-refractivity contribution in [1.82, 2.24) is 14.8 Å². The molecule has 2 N–H and O–H groups in total. The molecule has 1 unspecified atom stereocenters. The van der Waals surface area contributed by atoms with Crippen LogP contribution in [0.4, 0.5) is 5.13 Å². The second-order valence-electron chi connectivity index (χ2n) is 6.08. The first kappa shape index (κ1) is 17.9. The van der Waals surface area contributed by atoms with Crippen molar-refractivity contribution in [3.8, 4) is 0 Å². The summed E-state index contributed by atoms with van der Waals surface area (Å²) < 4.78 is 0. The Morgan fingerprint density at radius 1 is 1.28 bits per heavy atom. The number of aliphatic hydroxyl groups excluding tert-OH is 1. The monoisotopic (exact) mass is 368 g/mol. The van der Waals surface area contributed by atoms with Gasteiger partial charge in [-0.1, -0.05) is 0 Å². The van der Waals surface area contributed by atoms with Gasteiger partial charge in [0.2, 0.25) is 5.91 Å². The first-order chi connectivity index (χ1) is 12.0. The summed E-state index contributed by atoms with van der Waals surface area (Å²) in [6, 6.07) is -0.490. The molecule has 2 amide bonds. The summed E-state index contributed by atoms with van der Waals surface area (Å²) in [7, 11) is 0. The number of β-amino-alcohol motifs (C(OH)–C–C–N with tert-alkyl or cyclic N) is 1. The summed E-state index contributed by atoms with van der Waals surface area (Å²) in [6.07, 6.45) is -0.115. The minimum Gasteiger partial charge on any atom is -0.481 e. The third kappa shape index (κ3) is 3.87. The number of aliphatic hydroxyl groups is 1. The number of carbonyl (C=O) groups excluding carboxylic acids is 2. The van der Waals surface area contributed by atoms with E-state index >= 15 is 0 Å². The molecule has 2 aliphatic heterocycles. The van der Waals surface area contributed by atoms with E-state index in [1.54, 1.807) is 5.38 Å². The Kier molecular flexibility index (Phi) is 5.42. The van der Waals surface area contributed by atoms with Crippen LogP contribution in [0.1, 0.15) is 12.1 Å². The third-order valence-corrected chi connectivity index (χ3v) is 5.32. The summed E-state index contributed by atoms with van der Waals surface area (Å²) in [5, 5.41) is 19.6. The Labute approximate surface area is 148 Å². The second-order valence-corrected chi connectivity index (χ2v) is 6.92. The highest BCUT2D eigenvalue weighted by atomic mass is 32.1. The molecule has 2 aliphatic rings. The highest BCUT2D eigenvalue weighted by Gasteiger charge is 2.44. The lowest BCUT2D eigenvalue weighted by Crippen LogP contribution is -2.52. The zero-order valence-electron chi connectivity index (χ0n) is 13.6. The van der Waals surface area contributed by atoms with Crippen molar-refractivity contribution in [3.05, 3.63) is 11.1 Å². The van der Waals surface area contributed by atoms with Gasteiger partial charge < -0.3 is 10.2 Å². The molecule has 0 aromatic carbocycles. The first-order valence-corrected chi connectivity index (χ1v) is 8.98. The molecule has 2 fully saturated rings. The van der Waals surface area contributed by atoms with E-state index in [-0.39, 0.29) is 36.4 Å². The van der Waals surface area contributed by atoms with Crippen molar-refractivity contribution in [3.63, 3.8) is 0 Å². The number of carboxylic acids is 1. The van der Waals surface area contributed by atoms with Gasteiger partial charge >= 0.3 is 5.97 Å². The number of aromatic nitrogens is 1. The molecule has 0 radical (unpaired) electrons. The third-order valence-electron chi connectivity index (χ3n) is 4.45. The van der Waals surface area contributed by atoms with Crippen molar-refractivity contribution in [2.24, 2.45) is 0 Å². The van der Waals surface area contributed by atoms with Crippen LogP contribution in [-0.2, 0) is 20.8 Å². The van der Waals surface area contributed by atoms with Crippen molar-refractivity contribution in [2.75, 3.05) is 44.2 Å². The first-order valence-electron chi connectivity index (χ1n) is 8.10. The fourth-order valence-corrected chi connectivity index (χ4v) is 4.02. The van der Waals surface area contributed by atoms with Gasteiger partial charge in [0.1, 0.15) is 0 Å². The molecule has 0 aliphatic carbocycles. The molecule has 25 heavy (non-hydrogen) atoms. The molecule has 3 heterocycles. The van der Waals surface area contributed by atoms with Crippen LogP contribution in [0.3, 0.4) is 0 Å². The van der Waals surface area contributed by atoms with Crippen molar-refractivity contribution >= 4 is 34.3 Å². The highest BCUT2D eigenvalue weighted by Crippen LogP contribution is 2.29. The number of hydrogen-bond donors (Lipinski definition) is 2. The van der Waals surface area contributed by atoms with Crippen LogP contribution < -0.4 is 4.90 Å². The van der Waals surface area contributed by atoms with Crippen LogP contribution in [0.2, 0.25) is 0 Å². The maximum Gasteiger partial charge on any atom is 0.309 e. The van der Waals surface area contributed by atoms with E-state index in [1.165, 1.54) is 0 Å². The molecule has 1 aromatic rings. The predicted octanol–water partition coefficient (Wildman–Crippen LogP) is -0.988. The number of aliphatic carboxylic acids is 1. The van der Waals surface area contributed by atoms with E-state index in [0.717, 1.165) is 29.3 Å². The van der Waals surface area contributed by atoms with Crippen LogP contribution in [0.25, 0.3) is 0 Å². The predicted molar refractivity (Wildman–Crippen MR) is 89.5 cm³/mol. The average molecular weight is 368 g/mol. The number of anilines is 1. The van der Waals surface area contributed by atoms with Gasteiger partial charge in [-0.2, -0.15) is 0 Å². The summed E-state index contributed by atoms with van der Waals surface area (Å²) in [4.78, 5) is 45.1. The summed E-state index contributed by atoms with van der Waals surface area (Å²) in [5.74, 6) is -1.60. The molecule has 9 nitrogen and oxygen atoms in total. The smallest absolute Gasteiger partial charge is 0.309 e. The Morgan fingerprint density at radius 2 is 2.00 bits per heavy atom. The number of hydrogen-bond acceptors (Lipinski definition) is 8. The molecule has 0 spiro atoms. The van der Waals surface area contributed by atoms with E-state index in [4.69, 9.17) is 10.2 Å². The van der Waals surface area contributed by atoms with E-state index in [2.05, 4.69) is 9.88 Å². The fraction of sp³-hybridized carbons (Fsp3) is 0.600. The molecule has 10 heteroatoms. The number of thiazole rings is 1. The van der Waals surface area contributed by atoms with Gasteiger partial charge in [0.05, 0.1) is 31.2 Å². The average Bonchev–Trinajstić information content (AvgIpc) is 3.12. The van der Waals surface area contributed by atoms with Gasteiger partial charge in [-0.25, -0.2) is 9.88 Å². The summed E-state index contributed by atoms with van der Waals surface area (Å²) in [6.45, 7) is 3.55. The number of piperazine rings is 1. The van der Waals surface area contributed by atoms with Gasteiger partial charge in [-0.15, -0.1) is 11.3 Å². The lowest BCUT2D eigenvalue weighted by molar-refractivity contribution is -0.136. The molecule has 3 rings (SSSR count). The van der Waals surface area contributed by atoms with Gasteiger partial charge in [0.15, 0.2) is 5.13 Å². The Hall–Kier alpha value is -1.88. The van der Waals surface area contributed by atoms with E-state index in [1.807, 2.05) is 4.90 Å². The molecular weight excluding hydrogens is 348 g/mol. The minimum atomic E-state index is -1.01. The van der Waals surface area contributed by atoms with Gasteiger partial charge in [-0.3, -0.25) is 24.2 Å². The lowest BCUT2D eigenvalue weighted by atomic mass is 10.2. The molecule has 136 valence electrons. The second kappa shape index (κ2) is 7.56. The summed E-state index contributed by atoms with van der Waals surface area (Å²) in [5.41, 5.74) is 0.342. The SMILES string of the molecule is O=C(O)Cc1csc(N2C(=O)CC(N3CCN(CCO)CC3)C2=O)n1. The zero-order chi connectivity index (χ0) is 18.0. The number of carbonyl (C=O) groups is 3. The van der Waals surface area contributed by atoms with E-state index < -0.39 is 12.0 Å². The number of amides is 2.